The Labute approximate surface area is 110 Å². The molecule has 1 rings (SSSR count). The van der Waals surface area contributed by atoms with Gasteiger partial charge in [0.25, 0.3) is 0 Å². The first-order valence-corrected chi connectivity index (χ1v) is 6.91. The molecule has 0 saturated heterocycles. The predicted octanol–water partition coefficient (Wildman–Crippen LogP) is 1.70. The van der Waals surface area contributed by atoms with Crippen LogP contribution in [0.5, 0.6) is 0 Å². The van der Waals surface area contributed by atoms with Gasteiger partial charge in [0.2, 0.25) is 0 Å². The molecule has 0 aromatic carbocycles. The highest BCUT2D eigenvalue weighted by Crippen LogP contribution is 2.25. The molecule has 0 saturated carbocycles. The van der Waals surface area contributed by atoms with Gasteiger partial charge in [-0.1, -0.05) is 11.6 Å². The second kappa shape index (κ2) is 6.28. The molecule has 3 N–H and O–H groups in total. The van der Waals surface area contributed by atoms with Crippen LogP contribution in [0, 0.1) is 0 Å². The minimum Gasteiger partial charge on any atom is -0.387 e. The molecule has 7 heteroatoms. The summed E-state index contributed by atoms with van der Waals surface area (Å²) in [4.78, 5) is 7.96. The van der Waals surface area contributed by atoms with Gasteiger partial charge < -0.3 is 15.7 Å². The van der Waals surface area contributed by atoms with Crippen LogP contribution >= 0.6 is 23.4 Å². The number of hydrogen-bond donors (Lipinski definition) is 3. The molecule has 96 valence electrons. The summed E-state index contributed by atoms with van der Waals surface area (Å²) in [5, 5.41) is 16.4. The molecule has 1 unspecified atom stereocenters. The van der Waals surface area contributed by atoms with Gasteiger partial charge in [-0.3, -0.25) is 0 Å². The second-order valence-corrected chi connectivity index (χ2v) is 5.15. The van der Waals surface area contributed by atoms with Crippen LogP contribution in [0.25, 0.3) is 0 Å². The van der Waals surface area contributed by atoms with E-state index in [1.807, 2.05) is 6.26 Å². The lowest BCUT2D eigenvalue weighted by molar-refractivity contribution is 0.0996. The summed E-state index contributed by atoms with van der Waals surface area (Å²) in [6, 6.07) is 0. The zero-order valence-corrected chi connectivity index (χ0v) is 11.7. The molecule has 1 aromatic rings. The van der Waals surface area contributed by atoms with E-state index in [4.69, 9.17) is 11.6 Å². The van der Waals surface area contributed by atoms with E-state index in [2.05, 4.69) is 20.6 Å². The fourth-order valence-corrected chi connectivity index (χ4v) is 2.31. The van der Waals surface area contributed by atoms with E-state index in [1.165, 1.54) is 6.33 Å². The summed E-state index contributed by atoms with van der Waals surface area (Å²) in [7, 11) is 1.75. The molecular formula is C10H17ClN4OS. The van der Waals surface area contributed by atoms with Gasteiger partial charge in [-0.25, -0.2) is 9.97 Å². The van der Waals surface area contributed by atoms with Crippen molar-refractivity contribution >= 4 is 34.9 Å². The van der Waals surface area contributed by atoms with Gasteiger partial charge in [0.1, 0.15) is 12.0 Å². The van der Waals surface area contributed by atoms with E-state index in [1.54, 1.807) is 25.7 Å². The van der Waals surface area contributed by atoms with Crippen molar-refractivity contribution in [2.24, 2.45) is 0 Å². The third-order valence-corrected chi connectivity index (χ3v) is 3.34. The maximum absolute atomic E-state index is 10.0. The van der Waals surface area contributed by atoms with Gasteiger partial charge in [-0.15, -0.1) is 0 Å². The Kier molecular flexibility index (Phi) is 5.30. The standard InChI is InChI=1S/C10H17ClN4OS/c1-10(16,5-17-3)4-13-9-7(12-2)8(11)14-6-15-9/h6,12,16H,4-5H2,1-3H3,(H,13,14,15). The lowest BCUT2D eigenvalue weighted by Gasteiger charge is -2.23. The van der Waals surface area contributed by atoms with Crippen LogP contribution in [0.4, 0.5) is 11.5 Å². The molecule has 0 aliphatic heterocycles. The number of hydrogen-bond acceptors (Lipinski definition) is 6. The van der Waals surface area contributed by atoms with Crippen molar-refractivity contribution in [2.45, 2.75) is 12.5 Å². The molecule has 0 aliphatic carbocycles. The van der Waals surface area contributed by atoms with Gasteiger partial charge in [0, 0.05) is 19.3 Å². The molecule has 0 bridgehead atoms. The molecule has 1 aromatic heterocycles. The van der Waals surface area contributed by atoms with Crippen LogP contribution in [0.3, 0.4) is 0 Å². The van der Waals surface area contributed by atoms with Gasteiger partial charge >= 0.3 is 0 Å². The van der Waals surface area contributed by atoms with Crippen molar-refractivity contribution in [1.82, 2.24) is 9.97 Å². The van der Waals surface area contributed by atoms with Gasteiger partial charge in [-0.05, 0) is 13.2 Å². The number of rotatable bonds is 6. The van der Waals surface area contributed by atoms with E-state index in [9.17, 15) is 5.11 Å². The SMILES string of the molecule is CNc1c(Cl)ncnc1NCC(C)(O)CSC. The summed E-state index contributed by atoms with van der Waals surface area (Å²) < 4.78 is 0. The Morgan fingerprint density at radius 1 is 1.53 bits per heavy atom. The minimum absolute atomic E-state index is 0.356. The van der Waals surface area contributed by atoms with Crippen molar-refractivity contribution < 1.29 is 5.11 Å². The maximum Gasteiger partial charge on any atom is 0.157 e. The fraction of sp³-hybridized carbons (Fsp3) is 0.600. The van der Waals surface area contributed by atoms with Crippen LogP contribution in [-0.4, -0.2) is 46.3 Å². The van der Waals surface area contributed by atoms with E-state index in [-0.39, 0.29) is 0 Å². The first kappa shape index (κ1) is 14.3. The first-order valence-electron chi connectivity index (χ1n) is 5.13. The third-order valence-electron chi connectivity index (χ3n) is 2.14. The van der Waals surface area contributed by atoms with Crippen molar-refractivity contribution in [2.75, 3.05) is 36.2 Å². The summed E-state index contributed by atoms with van der Waals surface area (Å²) in [5.41, 5.74) is -0.156. The van der Waals surface area contributed by atoms with Crippen molar-refractivity contribution in [3.63, 3.8) is 0 Å². The number of nitrogens with one attached hydrogen (secondary N) is 2. The van der Waals surface area contributed by atoms with E-state index in [0.717, 1.165) is 0 Å². The number of halogens is 1. The summed E-state index contributed by atoms with van der Waals surface area (Å²) >= 11 is 7.51. The fourth-order valence-electron chi connectivity index (χ4n) is 1.36. The van der Waals surface area contributed by atoms with Gasteiger partial charge in [0.05, 0.1) is 5.60 Å². The average molecular weight is 277 g/mol. The molecule has 0 radical (unpaired) electrons. The quantitative estimate of drug-likeness (QED) is 0.687. The summed E-state index contributed by atoms with van der Waals surface area (Å²) in [6.45, 7) is 2.17. The van der Waals surface area contributed by atoms with Crippen LogP contribution in [0.2, 0.25) is 5.15 Å². The Hall–Kier alpha value is -0.720. The first-order chi connectivity index (χ1) is 8.00. The minimum atomic E-state index is -0.790. The van der Waals surface area contributed by atoms with Crippen LogP contribution in [0.15, 0.2) is 6.33 Å². The summed E-state index contributed by atoms with van der Waals surface area (Å²) in [5.74, 6) is 1.24. The maximum atomic E-state index is 10.0. The normalized spacial score (nSPS) is 14.2. The van der Waals surface area contributed by atoms with E-state index >= 15 is 0 Å². The monoisotopic (exact) mass is 276 g/mol. The Morgan fingerprint density at radius 2 is 2.24 bits per heavy atom. The highest BCUT2D eigenvalue weighted by molar-refractivity contribution is 7.98. The molecule has 0 amide bonds. The highest BCUT2D eigenvalue weighted by Gasteiger charge is 2.20. The van der Waals surface area contributed by atoms with Crippen LogP contribution in [-0.2, 0) is 0 Å². The van der Waals surface area contributed by atoms with Gasteiger partial charge in [-0.2, -0.15) is 11.8 Å². The number of aromatic nitrogens is 2. The van der Waals surface area contributed by atoms with Crippen molar-refractivity contribution in [3.8, 4) is 0 Å². The lowest BCUT2D eigenvalue weighted by atomic mass is 10.1. The third kappa shape index (κ3) is 4.22. The topological polar surface area (TPSA) is 70.1 Å². The van der Waals surface area contributed by atoms with Crippen molar-refractivity contribution in [3.05, 3.63) is 11.5 Å². The molecule has 0 spiro atoms. The number of aliphatic hydroxyl groups is 1. The molecular weight excluding hydrogens is 260 g/mol. The smallest absolute Gasteiger partial charge is 0.157 e. The zero-order valence-electron chi connectivity index (χ0n) is 10.1. The molecule has 1 heterocycles. The van der Waals surface area contributed by atoms with Crippen LogP contribution in [0.1, 0.15) is 6.92 Å². The molecule has 1 atom stereocenters. The van der Waals surface area contributed by atoms with Crippen molar-refractivity contribution in [1.29, 1.82) is 0 Å². The summed E-state index contributed by atoms with van der Waals surface area (Å²) in [6.07, 6.45) is 3.34. The van der Waals surface area contributed by atoms with Crippen LogP contribution < -0.4 is 10.6 Å². The average Bonchev–Trinajstić information content (AvgIpc) is 2.26. The highest BCUT2D eigenvalue weighted by atomic mass is 35.5. The molecule has 0 fully saturated rings. The second-order valence-electron chi connectivity index (χ2n) is 3.92. The predicted molar refractivity (Wildman–Crippen MR) is 74.1 cm³/mol. The zero-order chi connectivity index (χ0) is 12.9. The number of nitrogens with zero attached hydrogens (tertiary/aromatic N) is 2. The van der Waals surface area contributed by atoms with Gasteiger partial charge in [0.15, 0.2) is 11.0 Å². The molecule has 0 aliphatic rings. The van der Waals surface area contributed by atoms with E-state index < -0.39 is 5.60 Å². The van der Waals surface area contributed by atoms with E-state index in [0.29, 0.717) is 29.0 Å². The largest absolute Gasteiger partial charge is 0.387 e. The number of anilines is 2. The lowest BCUT2D eigenvalue weighted by Crippen LogP contribution is -2.36. The Balaban J connectivity index is 2.72. The Morgan fingerprint density at radius 3 is 2.82 bits per heavy atom. The number of thioether (sulfide) groups is 1. The molecule has 17 heavy (non-hydrogen) atoms. The Bertz CT molecular complexity index is 375. The molecule has 5 nitrogen and oxygen atoms in total.